The lowest BCUT2D eigenvalue weighted by Crippen LogP contribution is -2.50. The smallest absolute Gasteiger partial charge is 0.294 e. The van der Waals surface area contributed by atoms with E-state index in [4.69, 9.17) is 0 Å². The molecule has 0 unspecified atom stereocenters. The van der Waals surface area contributed by atoms with Gasteiger partial charge in [0.15, 0.2) is 0 Å². The Morgan fingerprint density at radius 1 is 0.939 bits per heavy atom. The Bertz CT molecular complexity index is 1160. The van der Waals surface area contributed by atoms with Crippen LogP contribution in [0, 0.1) is 10.1 Å². The highest BCUT2D eigenvalue weighted by Crippen LogP contribution is 2.25. The minimum Gasteiger partial charge on any atom is -0.335 e. The van der Waals surface area contributed by atoms with Gasteiger partial charge in [0, 0.05) is 55.8 Å². The van der Waals surface area contributed by atoms with Gasteiger partial charge in [0.2, 0.25) is 0 Å². The van der Waals surface area contributed by atoms with Crippen LogP contribution in [-0.4, -0.2) is 62.3 Å². The highest BCUT2D eigenvalue weighted by atomic mass is 16.6. The largest absolute Gasteiger partial charge is 0.335 e. The molecule has 1 aromatic heterocycles. The first-order chi connectivity index (χ1) is 15.8. The zero-order valence-corrected chi connectivity index (χ0v) is 18.5. The number of carbonyl (C=O) groups is 2. The Kier molecular flexibility index (Phi) is 6.21. The van der Waals surface area contributed by atoms with Gasteiger partial charge in [-0.05, 0) is 35.7 Å². The summed E-state index contributed by atoms with van der Waals surface area (Å²) in [5, 5.41) is 11.6. The molecule has 4 rings (SSSR count). The van der Waals surface area contributed by atoms with Crippen LogP contribution in [0.3, 0.4) is 0 Å². The highest BCUT2D eigenvalue weighted by Gasteiger charge is 2.27. The predicted octanol–water partition coefficient (Wildman–Crippen LogP) is 3.50. The molecular formula is C24H25N5O4. The maximum atomic E-state index is 13.0. The molecule has 2 aromatic carbocycles. The summed E-state index contributed by atoms with van der Waals surface area (Å²) in [7, 11) is 0. The van der Waals surface area contributed by atoms with Gasteiger partial charge in [-0.2, -0.15) is 0 Å². The average molecular weight is 447 g/mol. The molecule has 1 saturated heterocycles. The SMILES string of the molecule is CC(C)c1ccc(C(=O)N2CCN(C(=O)c3ccc(-n4ccnc4)c([N+](=O)[O-])c3)CC2)cc1. The van der Waals surface area contributed by atoms with Gasteiger partial charge >= 0.3 is 0 Å². The van der Waals surface area contributed by atoms with Gasteiger partial charge in [-0.1, -0.05) is 26.0 Å². The second-order valence-corrected chi connectivity index (χ2v) is 8.29. The van der Waals surface area contributed by atoms with Crippen LogP contribution in [0.4, 0.5) is 5.69 Å². The van der Waals surface area contributed by atoms with Crippen molar-refractivity contribution in [3.8, 4) is 5.69 Å². The lowest BCUT2D eigenvalue weighted by Gasteiger charge is -2.35. The number of nitro benzene ring substituents is 1. The first kappa shape index (κ1) is 22.2. The van der Waals surface area contributed by atoms with E-state index in [1.54, 1.807) is 28.1 Å². The van der Waals surface area contributed by atoms with E-state index >= 15 is 0 Å². The molecule has 0 radical (unpaired) electrons. The molecule has 0 saturated carbocycles. The summed E-state index contributed by atoms with van der Waals surface area (Å²) in [5.41, 5.74) is 2.22. The van der Waals surface area contributed by atoms with Crippen LogP contribution in [0.1, 0.15) is 46.0 Å². The van der Waals surface area contributed by atoms with Crippen LogP contribution in [0.15, 0.2) is 61.2 Å². The fourth-order valence-corrected chi connectivity index (χ4v) is 3.91. The minimum absolute atomic E-state index is 0.0577. The Labute approximate surface area is 191 Å². The van der Waals surface area contributed by atoms with Gasteiger partial charge in [0.05, 0.1) is 11.3 Å². The van der Waals surface area contributed by atoms with Gasteiger partial charge in [-0.25, -0.2) is 4.98 Å². The molecular weight excluding hydrogens is 422 g/mol. The molecule has 0 spiro atoms. The van der Waals surface area contributed by atoms with Crippen molar-refractivity contribution >= 4 is 17.5 Å². The topological polar surface area (TPSA) is 102 Å². The standard InChI is InChI=1S/C24H25N5O4/c1-17(2)18-3-5-19(6-4-18)23(30)26-11-13-27(14-12-26)24(31)20-7-8-21(22(15-20)29(32)33)28-10-9-25-16-28/h3-10,15-17H,11-14H2,1-2H3. The van der Waals surface area contributed by atoms with Crippen molar-refractivity contribution in [2.24, 2.45) is 0 Å². The quantitative estimate of drug-likeness (QED) is 0.440. The first-order valence-corrected chi connectivity index (χ1v) is 10.8. The number of benzene rings is 2. The van der Waals surface area contributed by atoms with E-state index < -0.39 is 4.92 Å². The monoisotopic (exact) mass is 447 g/mol. The van der Waals surface area contributed by atoms with Crippen molar-refractivity contribution in [3.63, 3.8) is 0 Å². The number of rotatable bonds is 5. The van der Waals surface area contributed by atoms with Gasteiger partial charge in [-0.15, -0.1) is 0 Å². The van der Waals surface area contributed by atoms with Gasteiger partial charge in [-0.3, -0.25) is 19.7 Å². The van der Waals surface area contributed by atoms with Crippen LogP contribution < -0.4 is 0 Å². The average Bonchev–Trinajstić information content (AvgIpc) is 3.38. The second kappa shape index (κ2) is 9.23. The summed E-state index contributed by atoms with van der Waals surface area (Å²) in [6, 6.07) is 12.1. The van der Waals surface area contributed by atoms with E-state index in [1.807, 2.05) is 24.3 Å². The normalized spacial score (nSPS) is 13.9. The van der Waals surface area contributed by atoms with E-state index in [9.17, 15) is 19.7 Å². The fourth-order valence-electron chi connectivity index (χ4n) is 3.91. The lowest BCUT2D eigenvalue weighted by molar-refractivity contribution is -0.384. The van der Waals surface area contributed by atoms with Gasteiger partial charge < -0.3 is 14.4 Å². The molecule has 0 atom stereocenters. The van der Waals surface area contributed by atoms with E-state index in [1.165, 1.54) is 28.7 Å². The van der Waals surface area contributed by atoms with Gasteiger partial charge in [0.25, 0.3) is 17.5 Å². The molecule has 0 aliphatic carbocycles. The van der Waals surface area contributed by atoms with Crippen LogP contribution in [0.2, 0.25) is 0 Å². The number of nitro groups is 1. The van der Waals surface area contributed by atoms with Gasteiger partial charge in [0.1, 0.15) is 5.69 Å². The maximum absolute atomic E-state index is 13.0. The van der Waals surface area contributed by atoms with Crippen LogP contribution in [-0.2, 0) is 0 Å². The molecule has 1 aliphatic rings. The molecule has 2 amide bonds. The van der Waals surface area contributed by atoms with Crippen molar-refractivity contribution in [1.29, 1.82) is 0 Å². The summed E-state index contributed by atoms with van der Waals surface area (Å²) >= 11 is 0. The number of nitrogens with zero attached hydrogens (tertiary/aromatic N) is 5. The van der Waals surface area contributed by atoms with E-state index in [-0.39, 0.29) is 23.1 Å². The summed E-state index contributed by atoms with van der Waals surface area (Å²) in [6.45, 7) is 5.76. The zero-order valence-electron chi connectivity index (χ0n) is 18.5. The zero-order chi connectivity index (χ0) is 23.5. The number of aromatic nitrogens is 2. The molecule has 2 heterocycles. The maximum Gasteiger partial charge on any atom is 0.294 e. The Morgan fingerprint density at radius 3 is 2.03 bits per heavy atom. The van der Waals surface area contributed by atoms with Crippen LogP contribution in [0.25, 0.3) is 5.69 Å². The Balaban J connectivity index is 1.43. The van der Waals surface area contributed by atoms with Crippen molar-refractivity contribution in [1.82, 2.24) is 19.4 Å². The van der Waals surface area contributed by atoms with Crippen molar-refractivity contribution in [2.45, 2.75) is 19.8 Å². The van der Waals surface area contributed by atoms with E-state index in [0.29, 0.717) is 43.3 Å². The van der Waals surface area contributed by atoms with Crippen molar-refractivity contribution < 1.29 is 14.5 Å². The Hall–Kier alpha value is -4.01. The van der Waals surface area contributed by atoms with Crippen LogP contribution >= 0.6 is 0 Å². The molecule has 9 nitrogen and oxygen atoms in total. The molecule has 3 aromatic rings. The fraction of sp³-hybridized carbons (Fsp3) is 0.292. The van der Waals surface area contributed by atoms with E-state index in [2.05, 4.69) is 18.8 Å². The lowest BCUT2D eigenvalue weighted by atomic mass is 10.0. The molecule has 170 valence electrons. The first-order valence-electron chi connectivity index (χ1n) is 10.8. The third-order valence-electron chi connectivity index (χ3n) is 5.88. The number of hydrogen-bond acceptors (Lipinski definition) is 5. The molecule has 1 aliphatic heterocycles. The van der Waals surface area contributed by atoms with Crippen molar-refractivity contribution in [3.05, 3.63) is 88.0 Å². The summed E-state index contributed by atoms with van der Waals surface area (Å²) in [5.74, 6) is 0.0509. The molecule has 33 heavy (non-hydrogen) atoms. The third kappa shape index (κ3) is 4.62. The molecule has 1 fully saturated rings. The number of hydrogen-bond donors (Lipinski definition) is 0. The molecule has 0 bridgehead atoms. The molecule has 9 heteroatoms. The number of piperazine rings is 1. The third-order valence-corrected chi connectivity index (χ3v) is 5.88. The minimum atomic E-state index is -0.507. The van der Waals surface area contributed by atoms with Crippen LogP contribution in [0.5, 0.6) is 0 Å². The summed E-state index contributed by atoms with van der Waals surface area (Å²) in [6.07, 6.45) is 4.61. The number of amides is 2. The summed E-state index contributed by atoms with van der Waals surface area (Å²) < 4.78 is 1.53. The number of imidazole rings is 1. The molecule has 0 N–H and O–H groups in total. The number of carbonyl (C=O) groups excluding carboxylic acids is 2. The second-order valence-electron chi connectivity index (χ2n) is 8.29. The summed E-state index contributed by atoms with van der Waals surface area (Å²) in [4.78, 5) is 44.2. The Morgan fingerprint density at radius 2 is 1.52 bits per heavy atom. The van der Waals surface area contributed by atoms with E-state index in [0.717, 1.165) is 0 Å². The highest BCUT2D eigenvalue weighted by molar-refractivity contribution is 5.96. The van der Waals surface area contributed by atoms with Crippen molar-refractivity contribution in [2.75, 3.05) is 26.2 Å². The predicted molar refractivity (Wildman–Crippen MR) is 123 cm³/mol.